The minimum Gasteiger partial charge on any atom is -0.353 e. The van der Waals surface area contributed by atoms with Gasteiger partial charge in [0, 0.05) is 11.4 Å². The molecule has 0 radical (unpaired) electrons. The number of rotatable bonds is 7. The lowest BCUT2D eigenvalue weighted by molar-refractivity contribution is -0.123. The minimum absolute atomic E-state index is 0. The topological polar surface area (TPSA) is 58.4 Å². The molecule has 1 aromatic rings. The van der Waals surface area contributed by atoms with E-state index in [2.05, 4.69) is 34.7 Å². The average Bonchev–Trinajstić information content (AvgIpc) is 3.19. The maximum atomic E-state index is 12.2. The molecule has 1 fully saturated rings. The molecule has 1 aromatic heterocycles. The Labute approximate surface area is 143 Å². The first kappa shape index (κ1) is 19.4. The van der Waals surface area contributed by atoms with Crippen LogP contribution in [0.2, 0.25) is 0 Å². The number of halogens is 1. The fourth-order valence-electron chi connectivity index (χ4n) is 2.77. The molecular formula is C16H28ClN3OS. The number of nitrogens with two attached hydrogens (primary N) is 1. The van der Waals surface area contributed by atoms with E-state index < -0.39 is 6.04 Å². The SMILES string of the molecule is CCC(C)C(N)C(=O)NCC(c1cccs1)N1CCCC1.Cl. The summed E-state index contributed by atoms with van der Waals surface area (Å²) >= 11 is 1.76. The van der Waals surface area contributed by atoms with Crippen molar-refractivity contribution in [1.82, 2.24) is 10.2 Å². The first-order valence-electron chi connectivity index (χ1n) is 7.94. The Morgan fingerprint density at radius 3 is 2.68 bits per heavy atom. The molecule has 0 aliphatic carbocycles. The van der Waals surface area contributed by atoms with E-state index in [0.29, 0.717) is 12.6 Å². The molecule has 3 atom stereocenters. The third-order valence-corrected chi connectivity index (χ3v) is 5.46. The average molecular weight is 346 g/mol. The zero-order valence-electron chi connectivity index (χ0n) is 13.5. The normalized spacial score (nSPS) is 19.2. The summed E-state index contributed by atoms with van der Waals surface area (Å²) in [6.07, 6.45) is 3.43. The number of carbonyl (C=O) groups is 1. The van der Waals surface area contributed by atoms with Crippen LogP contribution in [0.25, 0.3) is 0 Å². The molecule has 0 saturated carbocycles. The second-order valence-electron chi connectivity index (χ2n) is 5.93. The largest absolute Gasteiger partial charge is 0.353 e. The molecule has 1 aliphatic rings. The molecule has 0 spiro atoms. The van der Waals surface area contributed by atoms with E-state index in [1.165, 1.54) is 17.7 Å². The molecule has 2 rings (SSSR count). The number of hydrogen-bond acceptors (Lipinski definition) is 4. The molecule has 1 amide bonds. The molecule has 22 heavy (non-hydrogen) atoms. The summed E-state index contributed by atoms with van der Waals surface area (Å²) < 4.78 is 0. The van der Waals surface area contributed by atoms with Crippen LogP contribution >= 0.6 is 23.7 Å². The summed E-state index contributed by atoms with van der Waals surface area (Å²) in [6, 6.07) is 4.13. The first-order valence-corrected chi connectivity index (χ1v) is 8.82. The fourth-order valence-corrected chi connectivity index (χ4v) is 3.63. The second kappa shape index (κ2) is 9.50. The molecule has 0 bridgehead atoms. The van der Waals surface area contributed by atoms with Crippen molar-refractivity contribution in [3.05, 3.63) is 22.4 Å². The molecule has 0 aromatic carbocycles. The Kier molecular flexibility index (Phi) is 8.39. The zero-order valence-corrected chi connectivity index (χ0v) is 15.1. The third kappa shape index (κ3) is 4.95. The van der Waals surface area contributed by atoms with E-state index in [0.717, 1.165) is 19.5 Å². The van der Waals surface area contributed by atoms with Gasteiger partial charge in [-0.15, -0.1) is 23.7 Å². The summed E-state index contributed by atoms with van der Waals surface area (Å²) in [5, 5.41) is 5.17. The van der Waals surface area contributed by atoms with Gasteiger partial charge in [0.15, 0.2) is 0 Å². The highest BCUT2D eigenvalue weighted by molar-refractivity contribution is 7.10. The van der Waals surface area contributed by atoms with Crippen LogP contribution in [-0.2, 0) is 4.79 Å². The van der Waals surface area contributed by atoms with Gasteiger partial charge in [-0.2, -0.15) is 0 Å². The molecule has 1 aliphatic heterocycles. The predicted molar refractivity (Wildman–Crippen MR) is 95.6 cm³/mol. The molecule has 1 saturated heterocycles. The van der Waals surface area contributed by atoms with Crippen molar-refractivity contribution in [2.24, 2.45) is 11.7 Å². The van der Waals surface area contributed by atoms with E-state index in [-0.39, 0.29) is 24.2 Å². The van der Waals surface area contributed by atoms with Crippen molar-refractivity contribution in [1.29, 1.82) is 0 Å². The van der Waals surface area contributed by atoms with Crippen LogP contribution < -0.4 is 11.1 Å². The Bertz CT molecular complexity index is 435. The molecule has 2 heterocycles. The van der Waals surface area contributed by atoms with Crippen LogP contribution in [0.5, 0.6) is 0 Å². The number of likely N-dealkylation sites (tertiary alicyclic amines) is 1. The van der Waals surface area contributed by atoms with E-state index in [1.807, 2.05) is 6.92 Å². The van der Waals surface area contributed by atoms with Gasteiger partial charge in [0.1, 0.15) is 0 Å². The predicted octanol–water partition coefficient (Wildman–Crippen LogP) is 2.80. The Hall–Kier alpha value is -0.620. The number of hydrogen-bond donors (Lipinski definition) is 2. The molecular weight excluding hydrogens is 318 g/mol. The summed E-state index contributed by atoms with van der Waals surface area (Å²) in [4.78, 5) is 16.0. The second-order valence-corrected chi connectivity index (χ2v) is 6.91. The number of nitrogens with zero attached hydrogens (tertiary/aromatic N) is 1. The van der Waals surface area contributed by atoms with Crippen LogP contribution in [0, 0.1) is 5.92 Å². The Balaban J connectivity index is 0.00000242. The lowest BCUT2D eigenvalue weighted by atomic mass is 9.99. The zero-order chi connectivity index (χ0) is 15.2. The van der Waals surface area contributed by atoms with Crippen molar-refractivity contribution >= 4 is 29.7 Å². The molecule has 4 nitrogen and oxygen atoms in total. The third-order valence-electron chi connectivity index (χ3n) is 4.48. The standard InChI is InChI=1S/C16H27N3OS.ClH/c1-3-12(2)15(17)16(20)18-11-13(14-7-6-10-21-14)19-8-4-5-9-19;/h6-7,10,12-13,15H,3-5,8-9,11,17H2,1-2H3,(H,18,20);1H. The molecule has 3 unspecified atom stereocenters. The maximum Gasteiger partial charge on any atom is 0.237 e. The Morgan fingerprint density at radius 1 is 1.45 bits per heavy atom. The number of amides is 1. The molecule has 6 heteroatoms. The maximum absolute atomic E-state index is 12.2. The highest BCUT2D eigenvalue weighted by Crippen LogP contribution is 2.27. The van der Waals surface area contributed by atoms with Crippen LogP contribution in [0.15, 0.2) is 17.5 Å². The number of carbonyl (C=O) groups excluding carboxylic acids is 1. The molecule has 126 valence electrons. The van der Waals surface area contributed by atoms with E-state index in [4.69, 9.17) is 5.73 Å². The van der Waals surface area contributed by atoms with Gasteiger partial charge >= 0.3 is 0 Å². The van der Waals surface area contributed by atoms with Gasteiger partial charge in [-0.05, 0) is 43.3 Å². The number of thiophene rings is 1. The van der Waals surface area contributed by atoms with E-state index in [1.54, 1.807) is 11.3 Å². The monoisotopic (exact) mass is 345 g/mol. The van der Waals surface area contributed by atoms with Crippen molar-refractivity contribution in [2.75, 3.05) is 19.6 Å². The quantitative estimate of drug-likeness (QED) is 0.798. The summed E-state index contributed by atoms with van der Waals surface area (Å²) in [6.45, 7) is 6.99. The summed E-state index contributed by atoms with van der Waals surface area (Å²) in [5.41, 5.74) is 6.01. The lowest BCUT2D eigenvalue weighted by Crippen LogP contribution is -2.47. The fraction of sp³-hybridized carbons (Fsp3) is 0.688. The smallest absolute Gasteiger partial charge is 0.237 e. The molecule has 3 N–H and O–H groups in total. The summed E-state index contributed by atoms with van der Waals surface area (Å²) in [7, 11) is 0. The first-order chi connectivity index (χ1) is 10.1. The Morgan fingerprint density at radius 2 is 2.14 bits per heavy atom. The van der Waals surface area contributed by atoms with Crippen molar-refractivity contribution in [3.8, 4) is 0 Å². The minimum atomic E-state index is -0.405. The van der Waals surface area contributed by atoms with Gasteiger partial charge in [0.25, 0.3) is 0 Å². The van der Waals surface area contributed by atoms with Crippen molar-refractivity contribution < 1.29 is 4.79 Å². The summed E-state index contributed by atoms with van der Waals surface area (Å²) in [5.74, 6) is 0.196. The van der Waals surface area contributed by atoms with Gasteiger partial charge < -0.3 is 11.1 Å². The van der Waals surface area contributed by atoms with Crippen LogP contribution in [0.1, 0.15) is 44.0 Å². The van der Waals surface area contributed by atoms with Crippen LogP contribution in [0.4, 0.5) is 0 Å². The van der Waals surface area contributed by atoms with Crippen molar-refractivity contribution in [3.63, 3.8) is 0 Å². The van der Waals surface area contributed by atoms with E-state index >= 15 is 0 Å². The van der Waals surface area contributed by atoms with Gasteiger partial charge in [-0.25, -0.2) is 0 Å². The van der Waals surface area contributed by atoms with Crippen LogP contribution in [0.3, 0.4) is 0 Å². The van der Waals surface area contributed by atoms with E-state index in [9.17, 15) is 4.79 Å². The highest BCUT2D eigenvalue weighted by Gasteiger charge is 2.26. The number of nitrogens with one attached hydrogen (secondary N) is 1. The lowest BCUT2D eigenvalue weighted by Gasteiger charge is -2.28. The van der Waals surface area contributed by atoms with Crippen molar-refractivity contribution in [2.45, 2.75) is 45.2 Å². The van der Waals surface area contributed by atoms with Gasteiger partial charge in [-0.1, -0.05) is 26.3 Å². The van der Waals surface area contributed by atoms with Crippen LogP contribution in [-0.4, -0.2) is 36.5 Å². The van der Waals surface area contributed by atoms with Gasteiger partial charge in [0.05, 0.1) is 12.1 Å². The highest BCUT2D eigenvalue weighted by atomic mass is 35.5. The van der Waals surface area contributed by atoms with Gasteiger partial charge in [0.2, 0.25) is 5.91 Å². The van der Waals surface area contributed by atoms with Gasteiger partial charge in [-0.3, -0.25) is 9.69 Å².